The highest BCUT2D eigenvalue weighted by molar-refractivity contribution is 7.98. The van der Waals surface area contributed by atoms with Crippen LogP contribution in [0.3, 0.4) is 0 Å². The van der Waals surface area contributed by atoms with Crippen molar-refractivity contribution in [3.8, 4) is 0 Å². The molecule has 1 aromatic carbocycles. The first-order chi connectivity index (χ1) is 12.2. The Morgan fingerprint density at radius 3 is 2.84 bits per heavy atom. The van der Waals surface area contributed by atoms with Gasteiger partial charge in [-0.3, -0.25) is 14.7 Å². The summed E-state index contributed by atoms with van der Waals surface area (Å²) in [4.78, 5) is 23.5. The van der Waals surface area contributed by atoms with Gasteiger partial charge in [0.15, 0.2) is 5.65 Å². The Kier molecular flexibility index (Phi) is 4.33. The fraction of sp³-hybridized carbons (Fsp3) is 0.312. The molecule has 0 radical (unpaired) electrons. The maximum atomic E-state index is 10.7. The molecule has 3 aromatic rings. The summed E-state index contributed by atoms with van der Waals surface area (Å²) in [5.41, 5.74) is 2.60. The lowest BCUT2D eigenvalue weighted by molar-refractivity contribution is -0.384. The number of nitro groups is 1. The molecule has 1 unspecified atom stereocenters. The molecule has 0 spiro atoms. The number of non-ortho nitro benzene ring substituents is 1. The van der Waals surface area contributed by atoms with Crippen molar-refractivity contribution < 1.29 is 9.66 Å². The zero-order chi connectivity index (χ0) is 17.2. The monoisotopic (exact) mass is 357 g/mol. The molecular weight excluding hydrogens is 342 g/mol. The van der Waals surface area contributed by atoms with Crippen molar-refractivity contribution in [3.63, 3.8) is 0 Å². The summed E-state index contributed by atoms with van der Waals surface area (Å²) in [7, 11) is 0. The van der Waals surface area contributed by atoms with E-state index < -0.39 is 4.92 Å². The molecule has 0 aliphatic carbocycles. The van der Waals surface area contributed by atoms with Crippen LogP contribution < -0.4 is 0 Å². The van der Waals surface area contributed by atoms with Crippen LogP contribution in [0, 0.1) is 10.1 Å². The van der Waals surface area contributed by atoms with E-state index in [2.05, 4.69) is 15.0 Å². The summed E-state index contributed by atoms with van der Waals surface area (Å²) >= 11 is 1.54. The number of hydrogen-bond acceptors (Lipinski definition) is 7. The number of thioether (sulfide) groups is 1. The van der Waals surface area contributed by atoms with Crippen LogP contribution >= 0.6 is 11.8 Å². The summed E-state index contributed by atoms with van der Waals surface area (Å²) in [6.07, 6.45) is 5.28. The van der Waals surface area contributed by atoms with Crippen molar-refractivity contribution in [3.05, 3.63) is 52.6 Å². The Hall–Kier alpha value is -2.52. The highest BCUT2D eigenvalue weighted by atomic mass is 32.2. The SMILES string of the molecule is O=[N+]([O-])c1ccc(CSc2ncnc3c2ncn3C2CCCO2)cc1. The smallest absolute Gasteiger partial charge is 0.269 e. The van der Waals surface area contributed by atoms with Gasteiger partial charge >= 0.3 is 0 Å². The van der Waals surface area contributed by atoms with Crippen molar-refractivity contribution in [2.24, 2.45) is 0 Å². The number of benzene rings is 1. The van der Waals surface area contributed by atoms with E-state index in [1.165, 1.54) is 30.2 Å². The number of nitro benzene ring substituents is 1. The topological polar surface area (TPSA) is 96.0 Å². The van der Waals surface area contributed by atoms with Gasteiger partial charge in [0, 0.05) is 24.5 Å². The maximum absolute atomic E-state index is 10.7. The Labute approximate surface area is 147 Å². The number of imidazole rings is 1. The van der Waals surface area contributed by atoms with Crippen LogP contribution in [0.1, 0.15) is 24.6 Å². The van der Waals surface area contributed by atoms with Crippen molar-refractivity contribution in [1.82, 2.24) is 19.5 Å². The van der Waals surface area contributed by atoms with Gasteiger partial charge in [-0.2, -0.15) is 0 Å². The molecule has 1 aliphatic heterocycles. The first-order valence-electron chi connectivity index (χ1n) is 7.87. The van der Waals surface area contributed by atoms with E-state index >= 15 is 0 Å². The van der Waals surface area contributed by atoms with Crippen LogP contribution in [0.4, 0.5) is 5.69 Å². The van der Waals surface area contributed by atoms with Crippen molar-refractivity contribution in [2.45, 2.75) is 29.8 Å². The fourth-order valence-electron chi connectivity index (χ4n) is 2.79. The first kappa shape index (κ1) is 16.0. The van der Waals surface area contributed by atoms with Crippen LogP contribution in [0.5, 0.6) is 0 Å². The minimum Gasteiger partial charge on any atom is -0.358 e. The standard InChI is InChI=1S/C16H15N5O3S/c22-21(23)12-5-3-11(4-6-12)8-25-16-14-15(17-9-18-16)20(10-19-14)13-2-1-7-24-13/h3-6,9-10,13H,1-2,7-8H2. The molecule has 0 amide bonds. The van der Waals surface area contributed by atoms with Crippen molar-refractivity contribution >= 4 is 28.6 Å². The normalized spacial score (nSPS) is 17.2. The average Bonchev–Trinajstić information content (AvgIpc) is 3.29. The minimum atomic E-state index is -0.400. The summed E-state index contributed by atoms with van der Waals surface area (Å²) in [6.45, 7) is 0.761. The van der Waals surface area contributed by atoms with Gasteiger partial charge in [-0.1, -0.05) is 23.9 Å². The summed E-state index contributed by atoms with van der Waals surface area (Å²) < 4.78 is 7.66. The quantitative estimate of drug-likeness (QED) is 0.299. The molecule has 3 heterocycles. The van der Waals surface area contributed by atoms with Gasteiger partial charge in [-0.25, -0.2) is 15.0 Å². The molecule has 4 rings (SSSR count). The number of nitrogens with zero attached hydrogens (tertiary/aromatic N) is 5. The largest absolute Gasteiger partial charge is 0.358 e. The molecule has 2 aromatic heterocycles. The molecule has 1 aliphatic rings. The molecule has 0 bridgehead atoms. The average molecular weight is 357 g/mol. The van der Waals surface area contributed by atoms with E-state index in [0.717, 1.165) is 41.2 Å². The molecular formula is C16H15N5O3S. The van der Waals surface area contributed by atoms with Gasteiger partial charge in [0.1, 0.15) is 23.1 Å². The van der Waals surface area contributed by atoms with E-state index in [0.29, 0.717) is 5.75 Å². The lowest BCUT2D eigenvalue weighted by Gasteiger charge is -2.11. The third kappa shape index (κ3) is 3.20. The second-order valence-electron chi connectivity index (χ2n) is 5.68. The third-order valence-electron chi connectivity index (χ3n) is 4.06. The molecule has 25 heavy (non-hydrogen) atoms. The van der Waals surface area contributed by atoms with Gasteiger partial charge in [-0.05, 0) is 18.4 Å². The Balaban J connectivity index is 1.54. The molecule has 9 heteroatoms. The molecule has 1 saturated heterocycles. The number of fused-ring (bicyclic) bond motifs is 1. The molecule has 128 valence electrons. The lowest BCUT2D eigenvalue weighted by atomic mass is 10.2. The molecule has 0 saturated carbocycles. The van der Waals surface area contributed by atoms with Crippen LogP contribution in [0.15, 0.2) is 41.9 Å². The number of aromatic nitrogens is 4. The Bertz CT molecular complexity index is 906. The van der Waals surface area contributed by atoms with Gasteiger partial charge in [-0.15, -0.1) is 0 Å². The molecule has 1 fully saturated rings. The van der Waals surface area contributed by atoms with Gasteiger partial charge < -0.3 is 4.74 Å². The van der Waals surface area contributed by atoms with E-state index in [1.807, 2.05) is 4.57 Å². The van der Waals surface area contributed by atoms with E-state index in [1.54, 1.807) is 18.5 Å². The Morgan fingerprint density at radius 2 is 2.12 bits per heavy atom. The van der Waals surface area contributed by atoms with E-state index in [9.17, 15) is 10.1 Å². The van der Waals surface area contributed by atoms with Gasteiger partial charge in [0.2, 0.25) is 0 Å². The maximum Gasteiger partial charge on any atom is 0.269 e. The molecule has 8 nitrogen and oxygen atoms in total. The van der Waals surface area contributed by atoms with E-state index in [4.69, 9.17) is 4.74 Å². The predicted molar refractivity (Wildman–Crippen MR) is 92.2 cm³/mol. The first-order valence-corrected chi connectivity index (χ1v) is 8.86. The summed E-state index contributed by atoms with van der Waals surface area (Å²) in [5, 5.41) is 11.5. The number of rotatable bonds is 5. The summed E-state index contributed by atoms with van der Waals surface area (Å²) in [5.74, 6) is 0.650. The zero-order valence-electron chi connectivity index (χ0n) is 13.2. The molecule has 1 atom stereocenters. The predicted octanol–water partition coefficient (Wildman–Crippen LogP) is 3.34. The van der Waals surface area contributed by atoms with Gasteiger partial charge in [0.05, 0.1) is 11.3 Å². The van der Waals surface area contributed by atoms with Crippen LogP contribution in [-0.2, 0) is 10.5 Å². The third-order valence-corrected chi connectivity index (χ3v) is 5.11. The number of ether oxygens (including phenoxy) is 1. The Morgan fingerprint density at radius 1 is 1.28 bits per heavy atom. The van der Waals surface area contributed by atoms with Gasteiger partial charge in [0.25, 0.3) is 5.69 Å². The lowest BCUT2D eigenvalue weighted by Crippen LogP contribution is -2.06. The second kappa shape index (κ2) is 6.77. The van der Waals surface area contributed by atoms with Crippen LogP contribution in [0.25, 0.3) is 11.2 Å². The highest BCUT2D eigenvalue weighted by Gasteiger charge is 2.21. The second-order valence-corrected chi connectivity index (χ2v) is 6.65. The number of hydrogen-bond donors (Lipinski definition) is 0. The minimum absolute atomic E-state index is 0.00702. The summed E-state index contributed by atoms with van der Waals surface area (Å²) in [6, 6.07) is 6.54. The fourth-order valence-corrected chi connectivity index (χ4v) is 3.69. The molecule has 0 N–H and O–H groups in total. The van der Waals surface area contributed by atoms with Crippen LogP contribution in [0.2, 0.25) is 0 Å². The van der Waals surface area contributed by atoms with Crippen LogP contribution in [-0.4, -0.2) is 31.0 Å². The van der Waals surface area contributed by atoms with Crippen molar-refractivity contribution in [1.29, 1.82) is 0 Å². The zero-order valence-corrected chi connectivity index (χ0v) is 14.1. The van der Waals surface area contributed by atoms with E-state index in [-0.39, 0.29) is 11.9 Å². The van der Waals surface area contributed by atoms with Crippen molar-refractivity contribution in [2.75, 3.05) is 6.61 Å². The highest BCUT2D eigenvalue weighted by Crippen LogP contribution is 2.30.